The molecule has 0 radical (unpaired) electrons. The van der Waals surface area contributed by atoms with Crippen molar-refractivity contribution in [3.8, 4) is 0 Å². The van der Waals surface area contributed by atoms with Gasteiger partial charge in [-0.05, 0) is 37.6 Å². The molecule has 1 aromatic rings. The molecule has 2 atom stereocenters. The fourth-order valence-corrected chi connectivity index (χ4v) is 3.62. The summed E-state index contributed by atoms with van der Waals surface area (Å²) in [5.41, 5.74) is 2.57. The lowest BCUT2D eigenvalue weighted by molar-refractivity contribution is 0.618. The first-order valence-electron chi connectivity index (χ1n) is 7.18. The first-order valence-corrected chi connectivity index (χ1v) is 8.22. The van der Waals surface area contributed by atoms with Crippen LogP contribution < -0.4 is 10.2 Å². The molecule has 0 saturated carbocycles. The van der Waals surface area contributed by atoms with E-state index < -0.39 is 0 Å². The third kappa shape index (κ3) is 3.42. The summed E-state index contributed by atoms with van der Waals surface area (Å²) in [5, 5.41) is 4.03. The SMILES string of the molecule is CCNCc1cnc(N2CCSC(C)C2C)c(C)c1. The van der Waals surface area contributed by atoms with Gasteiger partial charge in [0.25, 0.3) is 0 Å². The van der Waals surface area contributed by atoms with Gasteiger partial charge in [-0.2, -0.15) is 11.8 Å². The molecule has 0 aromatic carbocycles. The number of pyridine rings is 1. The highest BCUT2D eigenvalue weighted by Crippen LogP contribution is 2.29. The van der Waals surface area contributed by atoms with E-state index in [4.69, 9.17) is 4.98 Å². The lowest BCUT2D eigenvalue weighted by Gasteiger charge is -2.39. The number of anilines is 1. The maximum absolute atomic E-state index is 4.72. The van der Waals surface area contributed by atoms with E-state index >= 15 is 0 Å². The van der Waals surface area contributed by atoms with Gasteiger partial charge < -0.3 is 10.2 Å². The van der Waals surface area contributed by atoms with Crippen molar-refractivity contribution in [1.82, 2.24) is 10.3 Å². The Kier molecular flexibility index (Phi) is 5.11. The predicted octanol–water partition coefficient (Wildman–Crippen LogP) is 2.83. The fraction of sp³-hybridized carbons (Fsp3) is 0.667. The summed E-state index contributed by atoms with van der Waals surface area (Å²) in [7, 11) is 0. The quantitative estimate of drug-likeness (QED) is 0.917. The van der Waals surface area contributed by atoms with E-state index in [1.807, 2.05) is 6.20 Å². The van der Waals surface area contributed by atoms with Gasteiger partial charge in [0.15, 0.2) is 0 Å². The molecule has 2 unspecified atom stereocenters. The highest BCUT2D eigenvalue weighted by molar-refractivity contribution is 8.00. The minimum atomic E-state index is 0.560. The van der Waals surface area contributed by atoms with Crippen molar-refractivity contribution in [3.05, 3.63) is 23.4 Å². The minimum absolute atomic E-state index is 0.560. The number of aromatic nitrogens is 1. The molecule has 1 aliphatic heterocycles. The van der Waals surface area contributed by atoms with Gasteiger partial charge in [-0.1, -0.05) is 13.8 Å². The zero-order valence-corrected chi connectivity index (χ0v) is 13.3. The van der Waals surface area contributed by atoms with Gasteiger partial charge in [0.1, 0.15) is 5.82 Å². The number of rotatable bonds is 4. The first-order chi connectivity index (χ1) is 9.13. The zero-order valence-electron chi connectivity index (χ0n) is 12.4. The van der Waals surface area contributed by atoms with E-state index in [0.717, 1.165) is 19.6 Å². The van der Waals surface area contributed by atoms with Gasteiger partial charge in [0, 0.05) is 36.3 Å². The van der Waals surface area contributed by atoms with Crippen molar-refractivity contribution in [2.24, 2.45) is 0 Å². The number of hydrogen-bond donors (Lipinski definition) is 1. The predicted molar refractivity (Wildman–Crippen MR) is 85.1 cm³/mol. The van der Waals surface area contributed by atoms with Gasteiger partial charge in [-0.25, -0.2) is 4.98 Å². The Morgan fingerprint density at radius 2 is 2.26 bits per heavy atom. The maximum atomic E-state index is 4.72. The van der Waals surface area contributed by atoms with E-state index in [1.54, 1.807) is 0 Å². The average Bonchev–Trinajstić information content (AvgIpc) is 2.40. The van der Waals surface area contributed by atoms with Crippen LogP contribution in [-0.4, -0.2) is 35.1 Å². The van der Waals surface area contributed by atoms with E-state index in [2.05, 4.69) is 55.7 Å². The van der Waals surface area contributed by atoms with Gasteiger partial charge in [-0.15, -0.1) is 0 Å². The number of aryl methyl sites for hydroxylation is 1. The average molecular weight is 279 g/mol. The molecule has 1 fully saturated rings. The normalized spacial score (nSPS) is 23.7. The molecule has 19 heavy (non-hydrogen) atoms. The van der Waals surface area contributed by atoms with Crippen LogP contribution in [0, 0.1) is 6.92 Å². The van der Waals surface area contributed by atoms with Crippen LogP contribution in [0.5, 0.6) is 0 Å². The largest absolute Gasteiger partial charge is 0.352 e. The second-order valence-electron chi connectivity index (χ2n) is 5.27. The first kappa shape index (κ1) is 14.7. The van der Waals surface area contributed by atoms with E-state index in [0.29, 0.717) is 11.3 Å². The lowest BCUT2D eigenvalue weighted by atomic mass is 10.1. The Hall–Kier alpha value is -0.740. The summed E-state index contributed by atoms with van der Waals surface area (Å²) >= 11 is 2.07. The Labute approximate surface area is 121 Å². The van der Waals surface area contributed by atoms with E-state index in [1.165, 1.54) is 22.7 Å². The topological polar surface area (TPSA) is 28.2 Å². The minimum Gasteiger partial charge on any atom is -0.352 e. The zero-order chi connectivity index (χ0) is 13.8. The molecule has 4 heteroatoms. The molecule has 106 valence electrons. The van der Waals surface area contributed by atoms with Crippen molar-refractivity contribution in [3.63, 3.8) is 0 Å². The van der Waals surface area contributed by atoms with Crippen molar-refractivity contribution in [2.75, 3.05) is 23.7 Å². The summed E-state index contributed by atoms with van der Waals surface area (Å²) in [6, 6.07) is 2.83. The van der Waals surface area contributed by atoms with Crippen LogP contribution in [0.2, 0.25) is 0 Å². The summed E-state index contributed by atoms with van der Waals surface area (Å²) < 4.78 is 0. The standard InChI is InChI=1S/C15H25N3S/c1-5-16-9-14-8-11(2)15(17-10-14)18-6-7-19-13(4)12(18)3/h8,10,12-13,16H,5-7,9H2,1-4H3. The summed E-state index contributed by atoms with van der Waals surface area (Å²) in [4.78, 5) is 7.18. The second-order valence-corrected chi connectivity index (χ2v) is 6.76. The van der Waals surface area contributed by atoms with Crippen LogP contribution in [0.1, 0.15) is 31.9 Å². The molecule has 2 heterocycles. The van der Waals surface area contributed by atoms with Crippen LogP contribution >= 0.6 is 11.8 Å². The van der Waals surface area contributed by atoms with E-state index in [-0.39, 0.29) is 0 Å². The van der Waals surface area contributed by atoms with Crippen molar-refractivity contribution in [2.45, 2.75) is 45.5 Å². The monoisotopic (exact) mass is 279 g/mol. The van der Waals surface area contributed by atoms with Gasteiger partial charge in [0.05, 0.1) is 0 Å². The molecule has 3 nitrogen and oxygen atoms in total. The summed E-state index contributed by atoms with van der Waals surface area (Å²) in [6.45, 7) is 11.9. The smallest absolute Gasteiger partial charge is 0.131 e. The van der Waals surface area contributed by atoms with Crippen LogP contribution in [0.3, 0.4) is 0 Å². The van der Waals surface area contributed by atoms with Crippen LogP contribution in [-0.2, 0) is 6.54 Å². The highest BCUT2D eigenvalue weighted by Gasteiger charge is 2.26. The molecule has 0 amide bonds. The molecule has 2 rings (SSSR count). The van der Waals surface area contributed by atoms with Gasteiger partial charge >= 0.3 is 0 Å². The van der Waals surface area contributed by atoms with Crippen LogP contribution in [0.15, 0.2) is 12.3 Å². The van der Waals surface area contributed by atoms with Crippen molar-refractivity contribution in [1.29, 1.82) is 0 Å². The fourth-order valence-electron chi connectivity index (χ4n) is 2.52. The molecule has 1 aromatic heterocycles. The molecular formula is C15H25N3S. The molecule has 1 aliphatic rings. The number of nitrogens with one attached hydrogen (secondary N) is 1. The Balaban J connectivity index is 2.15. The molecule has 0 spiro atoms. The number of nitrogens with zero attached hydrogens (tertiary/aromatic N) is 2. The molecule has 0 aliphatic carbocycles. The van der Waals surface area contributed by atoms with Crippen LogP contribution in [0.4, 0.5) is 5.82 Å². The Morgan fingerprint density at radius 3 is 2.95 bits per heavy atom. The van der Waals surface area contributed by atoms with Crippen molar-refractivity contribution >= 4 is 17.6 Å². The van der Waals surface area contributed by atoms with Crippen molar-refractivity contribution < 1.29 is 0 Å². The highest BCUT2D eigenvalue weighted by atomic mass is 32.2. The molecular weight excluding hydrogens is 254 g/mol. The van der Waals surface area contributed by atoms with Gasteiger partial charge in [-0.3, -0.25) is 0 Å². The summed E-state index contributed by atoms with van der Waals surface area (Å²) in [5.74, 6) is 2.37. The molecule has 0 bridgehead atoms. The maximum Gasteiger partial charge on any atom is 0.131 e. The Morgan fingerprint density at radius 1 is 1.47 bits per heavy atom. The van der Waals surface area contributed by atoms with Gasteiger partial charge in [0.2, 0.25) is 0 Å². The lowest BCUT2D eigenvalue weighted by Crippen LogP contribution is -2.45. The van der Waals surface area contributed by atoms with E-state index in [9.17, 15) is 0 Å². The molecule has 1 N–H and O–H groups in total. The Bertz CT molecular complexity index is 422. The second kappa shape index (κ2) is 6.62. The third-order valence-corrected chi connectivity index (χ3v) is 5.18. The number of thioether (sulfide) groups is 1. The third-order valence-electron chi connectivity index (χ3n) is 3.84. The summed E-state index contributed by atoms with van der Waals surface area (Å²) in [6.07, 6.45) is 2.02. The van der Waals surface area contributed by atoms with Crippen LogP contribution in [0.25, 0.3) is 0 Å². The molecule has 1 saturated heterocycles. The number of hydrogen-bond acceptors (Lipinski definition) is 4.